The monoisotopic (exact) mass is 480 g/mol. The average molecular weight is 481 g/mol. The molecule has 1 aromatic carbocycles. The summed E-state index contributed by atoms with van der Waals surface area (Å²) >= 11 is 0. The lowest BCUT2D eigenvalue weighted by molar-refractivity contribution is -0.144. The second kappa shape index (κ2) is 13.5. The predicted octanol–water partition coefficient (Wildman–Crippen LogP) is -0.505. The van der Waals surface area contributed by atoms with Crippen LogP contribution in [0, 0.1) is 11.8 Å². The van der Waals surface area contributed by atoms with Crippen LogP contribution in [0.1, 0.15) is 39.7 Å². The molecule has 8 N–H and O–H groups in total. The smallest absolute Gasteiger partial charge is 0.326 e. The highest BCUT2D eigenvalue weighted by Crippen LogP contribution is 2.14. The van der Waals surface area contributed by atoms with E-state index in [1.807, 2.05) is 6.92 Å². The first-order chi connectivity index (χ1) is 15.9. The van der Waals surface area contributed by atoms with Crippen LogP contribution >= 0.6 is 0 Å². The number of carbonyl (C=O) groups excluding carboxylic acids is 3. The van der Waals surface area contributed by atoms with Gasteiger partial charge in [-0.2, -0.15) is 0 Å². The number of rotatable bonds is 13. The van der Waals surface area contributed by atoms with Gasteiger partial charge in [0.15, 0.2) is 0 Å². The number of phenols is 1. The second-order valence-electron chi connectivity index (χ2n) is 8.66. The normalized spacial score (nSPS) is 15.5. The van der Waals surface area contributed by atoms with Crippen LogP contribution in [-0.2, 0) is 25.6 Å². The van der Waals surface area contributed by atoms with E-state index >= 15 is 0 Å². The van der Waals surface area contributed by atoms with Gasteiger partial charge in [-0.1, -0.05) is 46.2 Å². The molecule has 3 amide bonds. The Kier molecular flexibility index (Phi) is 11.5. The zero-order chi connectivity index (χ0) is 26.0. The highest BCUT2D eigenvalue weighted by Gasteiger charge is 2.33. The van der Waals surface area contributed by atoms with Crippen molar-refractivity contribution >= 4 is 23.7 Å². The largest absolute Gasteiger partial charge is 0.508 e. The van der Waals surface area contributed by atoms with Crippen molar-refractivity contribution in [3.63, 3.8) is 0 Å². The number of hydrogen-bond acceptors (Lipinski definition) is 7. The molecule has 0 spiro atoms. The Balaban J connectivity index is 3.14. The van der Waals surface area contributed by atoms with Gasteiger partial charge in [-0.25, -0.2) is 4.79 Å². The number of benzene rings is 1. The third-order valence-electron chi connectivity index (χ3n) is 5.57. The molecule has 0 saturated heterocycles. The summed E-state index contributed by atoms with van der Waals surface area (Å²) in [7, 11) is 0. The molecule has 0 heterocycles. The number of hydrogen-bond donors (Lipinski definition) is 7. The summed E-state index contributed by atoms with van der Waals surface area (Å²) in [5.41, 5.74) is 6.18. The van der Waals surface area contributed by atoms with Crippen LogP contribution in [0.25, 0.3) is 0 Å². The topological polar surface area (TPSA) is 191 Å². The van der Waals surface area contributed by atoms with Crippen molar-refractivity contribution in [1.29, 1.82) is 0 Å². The summed E-state index contributed by atoms with van der Waals surface area (Å²) in [5.74, 6) is -3.95. The van der Waals surface area contributed by atoms with Gasteiger partial charge < -0.3 is 37.0 Å². The third-order valence-corrected chi connectivity index (χ3v) is 5.57. The molecule has 5 atom stereocenters. The fourth-order valence-electron chi connectivity index (χ4n) is 3.15. The summed E-state index contributed by atoms with van der Waals surface area (Å²) in [5, 5.41) is 35.6. The first-order valence-electron chi connectivity index (χ1n) is 11.2. The molecule has 0 aliphatic rings. The number of carboxylic acids is 1. The van der Waals surface area contributed by atoms with Crippen molar-refractivity contribution in [3.05, 3.63) is 29.8 Å². The molecule has 0 aliphatic carbocycles. The maximum Gasteiger partial charge on any atom is 0.326 e. The number of aliphatic hydroxyl groups is 1. The molecule has 0 bridgehead atoms. The molecular weight excluding hydrogens is 444 g/mol. The predicted molar refractivity (Wildman–Crippen MR) is 125 cm³/mol. The van der Waals surface area contributed by atoms with Gasteiger partial charge in [0.2, 0.25) is 17.7 Å². The van der Waals surface area contributed by atoms with Crippen LogP contribution in [0.15, 0.2) is 24.3 Å². The van der Waals surface area contributed by atoms with Gasteiger partial charge in [-0.3, -0.25) is 14.4 Å². The summed E-state index contributed by atoms with van der Waals surface area (Å²) in [6.45, 7) is 6.26. The lowest BCUT2D eigenvalue weighted by Gasteiger charge is -2.28. The highest BCUT2D eigenvalue weighted by atomic mass is 16.4. The third kappa shape index (κ3) is 8.64. The number of carboxylic acid groups (broad SMARTS) is 1. The Morgan fingerprint density at radius 1 is 0.912 bits per heavy atom. The first kappa shape index (κ1) is 28.9. The quantitative estimate of drug-likeness (QED) is 0.196. The molecule has 5 unspecified atom stereocenters. The SMILES string of the molecule is CCC(C)C(NC(=O)C(Cc1ccc(O)cc1)NC(=O)C(N)CO)C(=O)NC(C(=O)O)C(C)C. The van der Waals surface area contributed by atoms with Gasteiger partial charge >= 0.3 is 5.97 Å². The molecule has 1 rings (SSSR count). The number of nitrogens with one attached hydrogen (secondary N) is 3. The Morgan fingerprint density at radius 2 is 1.47 bits per heavy atom. The summed E-state index contributed by atoms with van der Waals surface area (Å²) in [6.07, 6.45) is 0.538. The van der Waals surface area contributed by atoms with Gasteiger partial charge in [0, 0.05) is 6.42 Å². The molecule has 190 valence electrons. The number of phenolic OH excluding ortho intramolecular Hbond substituents is 1. The fourth-order valence-corrected chi connectivity index (χ4v) is 3.15. The summed E-state index contributed by atoms with van der Waals surface area (Å²) in [6, 6.07) is 1.44. The molecule has 0 aromatic heterocycles. The number of aliphatic hydroxyl groups excluding tert-OH is 1. The Labute approximate surface area is 199 Å². The fraction of sp³-hybridized carbons (Fsp3) is 0.565. The van der Waals surface area contributed by atoms with E-state index < -0.39 is 54.5 Å². The van der Waals surface area contributed by atoms with Crippen molar-refractivity contribution in [2.24, 2.45) is 17.6 Å². The van der Waals surface area contributed by atoms with E-state index in [4.69, 9.17) is 10.8 Å². The van der Waals surface area contributed by atoms with E-state index in [9.17, 15) is 29.4 Å². The molecule has 0 fully saturated rings. The van der Waals surface area contributed by atoms with E-state index in [0.717, 1.165) is 0 Å². The van der Waals surface area contributed by atoms with Crippen molar-refractivity contribution in [1.82, 2.24) is 16.0 Å². The Morgan fingerprint density at radius 3 is 1.94 bits per heavy atom. The minimum absolute atomic E-state index is 0.0224. The van der Waals surface area contributed by atoms with Gasteiger partial charge in [0.25, 0.3) is 0 Å². The second-order valence-corrected chi connectivity index (χ2v) is 8.66. The molecule has 0 aliphatic heterocycles. The van der Waals surface area contributed by atoms with Crippen molar-refractivity contribution in [2.45, 2.75) is 64.7 Å². The van der Waals surface area contributed by atoms with Crippen molar-refractivity contribution in [2.75, 3.05) is 6.61 Å². The molecule has 0 radical (unpaired) electrons. The van der Waals surface area contributed by atoms with Crippen LogP contribution in [0.5, 0.6) is 5.75 Å². The number of amides is 3. The van der Waals surface area contributed by atoms with Gasteiger partial charge in [-0.15, -0.1) is 0 Å². The van der Waals surface area contributed by atoms with Crippen LogP contribution in [0.2, 0.25) is 0 Å². The van der Waals surface area contributed by atoms with E-state index in [1.165, 1.54) is 12.1 Å². The van der Waals surface area contributed by atoms with E-state index in [-0.39, 0.29) is 24.0 Å². The zero-order valence-electron chi connectivity index (χ0n) is 19.9. The lowest BCUT2D eigenvalue weighted by atomic mass is 9.96. The highest BCUT2D eigenvalue weighted by molar-refractivity contribution is 5.94. The number of aliphatic carboxylic acids is 1. The molecule has 11 heteroatoms. The minimum Gasteiger partial charge on any atom is -0.508 e. The van der Waals surface area contributed by atoms with E-state index in [0.29, 0.717) is 12.0 Å². The van der Waals surface area contributed by atoms with Gasteiger partial charge in [0.05, 0.1) is 6.61 Å². The average Bonchev–Trinajstić information content (AvgIpc) is 2.79. The first-order valence-corrected chi connectivity index (χ1v) is 11.2. The van der Waals surface area contributed by atoms with E-state index in [2.05, 4.69) is 16.0 Å². The zero-order valence-corrected chi connectivity index (χ0v) is 19.9. The molecular formula is C23H36N4O7. The Bertz CT molecular complexity index is 844. The maximum absolute atomic E-state index is 13.2. The number of nitrogens with two attached hydrogens (primary N) is 1. The summed E-state index contributed by atoms with van der Waals surface area (Å²) in [4.78, 5) is 49.9. The lowest BCUT2D eigenvalue weighted by Crippen LogP contribution is -2.59. The van der Waals surface area contributed by atoms with Crippen LogP contribution in [-0.4, -0.2) is 69.8 Å². The summed E-state index contributed by atoms with van der Waals surface area (Å²) < 4.78 is 0. The molecule has 0 saturated carbocycles. The van der Waals surface area contributed by atoms with Crippen molar-refractivity contribution < 1.29 is 34.5 Å². The Hall–Kier alpha value is -3.18. The van der Waals surface area contributed by atoms with Crippen molar-refractivity contribution in [3.8, 4) is 5.75 Å². The van der Waals surface area contributed by atoms with Crippen LogP contribution in [0.3, 0.4) is 0 Å². The molecule has 1 aromatic rings. The van der Waals surface area contributed by atoms with Crippen LogP contribution in [0.4, 0.5) is 0 Å². The standard InChI is InChI=1S/C23H36N4O7/c1-5-13(4)19(22(32)26-18(12(2)3)23(33)34)27-21(31)17(25-20(30)16(24)11-28)10-14-6-8-15(29)9-7-14/h6-9,12-13,16-19,28-29H,5,10-11,24H2,1-4H3,(H,25,30)(H,26,32)(H,27,31)(H,33,34). The van der Waals surface area contributed by atoms with E-state index in [1.54, 1.807) is 32.9 Å². The van der Waals surface area contributed by atoms with Crippen LogP contribution < -0.4 is 21.7 Å². The van der Waals surface area contributed by atoms with Gasteiger partial charge in [-0.05, 0) is 29.5 Å². The molecule has 34 heavy (non-hydrogen) atoms. The minimum atomic E-state index is -1.24. The molecule has 11 nitrogen and oxygen atoms in total. The van der Waals surface area contributed by atoms with Gasteiger partial charge in [0.1, 0.15) is 29.9 Å². The number of aromatic hydroxyl groups is 1. The maximum atomic E-state index is 13.2. The number of carbonyl (C=O) groups is 4.